The number of ether oxygens (including phenoxy) is 1. The number of rotatable bonds is 5. The van der Waals surface area contributed by atoms with E-state index in [-0.39, 0.29) is 0 Å². The summed E-state index contributed by atoms with van der Waals surface area (Å²) < 4.78 is 5.29. The molecule has 2 N–H and O–H groups in total. The van der Waals surface area contributed by atoms with Gasteiger partial charge in [0.2, 0.25) is 0 Å². The van der Waals surface area contributed by atoms with Gasteiger partial charge in [0, 0.05) is 58.4 Å². The van der Waals surface area contributed by atoms with Crippen molar-refractivity contribution in [2.75, 3.05) is 37.7 Å². The zero-order valence-electron chi connectivity index (χ0n) is 12.6. The Balaban J connectivity index is 1.46. The van der Waals surface area contributed by atoms with Crippen LogP contribution in [0.25, 0.3) is 0 Å². The van der Waals surface area contributed by atoms with E-state index >= 15 is 0 Å². The fourth-order valence-corrected chi connectivity index (χ4v) is 3.02. The topological polar surface area (TPSA) is 57.6 Å². The summed E-state index contributed by atoms with van der Waals surface area (Å²) in [5.74, 6) is 1.08. The van der Waals surface area contributed by atoms with Crippen LogP contribution in [0.5, 0.6) is 0 Å². The standard InChI is InChI=1S/C16H25N3O2/c20-16(5-9-21-10-6-16)13-17-11-14-3-4-15(18-12-14)19-7-1-2-8-19/h3-4,12,17,20H,1-2,5-11,13H2. The quantitative estimate of drug-likeness (QED) is 0.857. The van der Waals surface area contributed by atoms with Gasteiger partial charge < -0.3 is 20.1 Å². The monoisotopic (exact) mass is 291 g/mol. The Hall–Kier alpha value is -1.17. The molecule has 116 valence electrons. The minimum atomic E-state index is -0.610. The first-order chi connectivity index (χ1) is 10.3. The number of aliphatic hydroxyl groups is 1. The maximum absolute atomic E-state index is 10.4. The van der Waals surface area contributed by atoms with Gasteiger partial charge in [0.15, 0.2) is 0 Å². The Bertz CT molecular complexity index is 437. The number of aromatic nitrogens is 1. The number of hydrogen-bond donors (Lipinski definition) is 2. The van der Waals surface area contributed by atoms with Crippen molar-refractivity contribution in [1.82, 2.24) is 10.3 Å². The van der Waals surface area contributed by atoms with E-state index in [9.17, 15) is 5.11 Å². The van der Waals surface area contributed by atoms with Gasteiger partial charge in [-0.25, -0.2) is 4.98 Å². The van der Waals surface area contributed by atoms with Gasteiger partial charge in [-0.05, 0) is 24.5 Å². The molecular formula is C16H25N3O2. The highest BCUT2D eigenvalue weighted by molar-refractivity contribution is 5.40. The molecule has 2 fully saturated rings. The van der Waals surface area contributed by atoms with Gasteiger partial charge in [-0.2, -0.15) is 0 Å². The van der Waals surface area contributed by atoms with Crippen LogP contribution in [0.2, 0.25) is 0 Å². The molecular weight excluding hydrogens is 266 g/mol. The van der Waals surface area contributed by atoms with Crippen LogP contribution in [0.3, 0.4) is 0 Å². The van der Waals surface area contributed by atoms with Gasteiger partial charge in [-0.1, -0.05) is 6.07 Å². The molecule has 3 heterocycles. The SMILES string of the molecule is OC1(CNCc2ccc(N3CCCC3)nc2)CCOCC1. The van der Waals surface area contributed by atoms with Gasteiger partial charge >= 0.3 is 0 Å². The van der Waals surface area contributed by atoms with Gasteiger partial charge in [-0.3, -0.25) is 0 Å². The zero-order chi connectivity index (χ0) is 14.5. The molecule has 2 saturated heterocycles. The van der Waals surface area contributed by atoms with Crippen molar-refractivity contribution < 1.29 is 9.84 Å². The van der Waals surface area contributed by atoms with Crippen LogP contribution < -0.4 is 10.2 Å². The van der Waals surface area contributed by atoms with E-state index < -0.39 is 5.60 Å². The average molecular weight is 291 g/mol. The van der Waals surface area contributed by atoms with Crippen LogP contribution in [0.15, 0.2) is 18.3 Å². The lowest BCUT2D eigenvalue weighted by Crippen LogP contribution is -2.44. The van der Waals surface area contributed by atoms with Crippen molar-refractivity contribution in [1.29, 1.82) is 0 Å². The molecule has 0 amide bonds. The summed E-state index contributed by atoms with van der Waals surface area (Å²) >= 11 is 0. The summed E-state index contributed by atoms with van der Waals surface area (Å²) in [7, 11) is 0. The molecule has 0 unspecified atom stereocenters. The molecule has 21 heavy (non-hydrogen) atoms. The van der Waals surface area contributed by atoms with E-state index in [0.29, 0.717) is 32.6 Å². The Kier molecular flexibility index (Phi) is 4.73. The maximum atomic E-state index is 10.4. The third kappa shape index (κ3) is 3.93. The summed E-state index contributed by atoms with van der Waals surface area (Å²) in [6.45, 7) is 4.93. The highest BCUT2D eigenvalue weighted by atomic mass is 16.5. The van der Waals surface area contributed by atoms with E-state index in [1.807, 2.05) is 6.20 Å². The molecule has 5 nitrogen and oxygen atoms in total. The van der Waals surface area contributed by atoms with Crippen molar-refractivity contribution in [3.63, 3.8) is 0 Å². The van der Waals surface area contributed by atoms with E-state index in [1.165, 1.54) is 12.8 Å². The summed E-state index contributed by atoms with van der Waals surface area (Å²) in [6.07, 6.45) is 5.91. The molecule has 0 radical (unpaired) electrons. The lowest BCUT2D eigenvalue weighted by molar-refractivity contribution is -0.0617. The van der Waals surface area contributed by atoms with Crippen LogP contribution in [-0.2, 0) is 11.3 Å². The van der Waals surface area contributed by atoms with Gasteiger partial charge in [-0.15, -0.1) is 0 Å². The lowest BCUT2D eigenvalue weighted by Gasteiger charge is -2.32. The Morgan fingerprint density at radius 1 is 1.24 bits per heavy atom. The molecule has 0 saturated carbocycles. The first kappa shape index (κ1) is 14.8. The molecule has 1 aromatic rings. The molecule has 0 aliphatic carbocycles. The lowest BCUT2D eigenvalue weighted by atomic mass is 9.94. The van der Waals surface area contributed by atoms with Crippen molar-refractivity contribution in [2.24, 2.45) is 0 Å². The predicted octanol–water partition coefficient (Wildman–Crippen LogP) is 1.31. The average Bonchev–Trinajstić information content (AvgIpc) is 3.03. The largest absolute Gasteiger partial charge is 0.388 e. The van der Waals surface area contributed by atoms with Crippen molar-refractivity contribution in [2.45, 2.75) is 37.8 Å². The molecule has 0 aromatic carbocycles. The first-order valence-corrected chi connectivity index (χ1v) is 7.96. The van der Waals surface area contributed by atoms with Crippen molar-refractivity contribution >= 4 is 5.82 Å². The predicted molar refractivity (Wildman–Crippen MR) is 82.4 cm³/mol. The Morgan fingerprint density at radius 2 is 2.00 bits per heavy atom. The minimum absolute atomic E-state index is 0.610. The van der Waals surface area contributed by atoms with Crippen LogP contribution in [-0.4, -0.2) is 48.5 Å². The third-order valence-electron chi connectivity index (χ3n) is 4.45. The first-order valence-electron chi connectivity index (χ1n) is 7.96. The van der Waals surface area contributed by atoms with Crippen molar-refractivity contribution in [3.8, 4) is 0 Å². The van der Waals surface area contributed by atoms with Crippen molar-refractivity contribution in [3.05, 3.63) is 23.9 Å². The normalized spacial score (nSPS) is 21.7. The number of pyridine rings is 1. The molecule has 0 atom stereocenters. The third-order valence-corrected chi connectivity index (χ3v) is 4.45. The highest BCUT2D eigenvalue weighted by Gasteiger charge is 2.29. The maximum Gasteiger partial charge on any atom is 0.128 e. The van der Waals surface area contributed by atoms with Gasteiger partial charge in [0.25, 0.3) is 0 Å². The minimum Gasteiger partial charge on any atom is -0.388 e. The second kappa shape index (κ2) is 6.73. The molecule has 1 aromatic heterocycles. The second-order valence-electron chi connectivity index (χ2n) is 6.16. The fraction of sp³-hybridized carbons (Fsp3) is 0.688. The summed E-state index contributed by atoms with van der Waals surface area (Å²) in [6, 6.07) is 4.23. The van der Waals surface area contributed by atoms with Crippen LogP contribution in [0.1, 0.15) is 31.2 Å². The molecule has 0 spiro atoms. The van der Waals surface area contributed by atoms with E-state index in [2.05, 4.69) is 27.3 Å². The molecule has 2 aliphatic heterocycles. The zero-order valence-corrected chi connectivity index (χ0v) is 12.6. The molecule has 0 bridgehead atoms. The van der Waals surface area contributed by atoms with E-state index in [4.69, 9.17) is 4.74 Å². The van der Waals surface area contributed by atoms with E-state index in [1.54, 1.807) is 0 Å². The molecule has 2 aliphatic rings. The van der Waals surface area contributed by atoms with Gasteiger partial charge in [0.1, 0.15) is 5.82 Å². The van der Waals surface area contributed by atoms with Crippen LogP contribution in [0.4, 0.5) is 5.82 Å². The second-order valence-corrected chi connectivity index (χ2v) is 6.16. The number of hydrogen-bond acceptors (Lipinski definition) is 5. The highest BCUT2D eigenvalue weighted by Crippen LogP contribution is 2.20. The van der Waals surface area contributed by atoms with Gasteiger partial charge in [0.05, 0.1) is 5.60 Å². The summed E-state index contributed by atoms with van der Waals surface area (Å²) in [4.78, 5) is 6.88. The van der Waals surface area contributed by atoms with E-state index in [0.717, 1.165) is 31.0 Å². The molecule has 3 rings (SSSR count). The van der Waals surface area contributed by atoms with Crippen LogP contribution in [0, 0.1) is 0 Å². The summed E-state index contributed by atoms with van der Waals surface area (Å²) in [5.41, 5.74) is 0.551. The Labute approximate surface area is 126 Å². The number of nitrogens with zero attached hydrogens (tertiary/aromatic N) is 2. The fourth-order valence-electron chi connectivity index (χ4n) is 3.02. The van der Waals surface area contributed by atoms with Crippen LogP contribution >= 0.6 is 0 Å². The molecule has 5 heteroatoms. The number of anilines is 1. The number of nitrogens with one attached hydrogen (secondary N) is 1. The summed E-state index contributed by atoms with van der Waals surface area (Å²) in [5, 5.41) is 13.7. The smallest absolute Gasteiger partial charge is 0.128 e. The Morgan fingerprint density at radius 3 is 2.67 bits per heavy atom.